The zero-order chi connectivity index (χ0) is 24.8. The standard InChI is InChI=1S/C28H40N2O5/c1-2-3-4-5-6-15-24(32)30(19-11-7-8-12-19)22-18-21(28(34)29-16-17-31)25-20-13-9-10-14-23(20)35-27(25)26(22)33/h9-10,13-14,18-19,22,25-27,31,33H,2-8,11-12,15-17H2,1H3,(H,29,34). The molecule has 35 heavy (non-hydrogen) atoms. The number of ether oxygens (including phenoxy) is 1. The third kappa shape index (κ3) is 5.56. The third-order valence-corrected chi connectivity index (χ3v) is 7.70. The zero-order valence-electron chi connectivity index (χ0n) is 20.8. The van der Waals surface area contributed by atoms with Crippen molar-refractivity contribution in [3.63, 3.8) is 0 Å². The SMILES string of the molecule is CCCCCCCC(=O)N(C1CCCC1)C1C=C(C(=O)NCCO)C2c3ccccc3OC2C1O. The third-order valence-electron chi connectivity index (χ3n) is 7.70. The van der Waals surface area contributed by atoms with Crippen LogP contribution in [-0.4, -0.2) is 64.4 Å². The van der Waals surface area contributed by atoms with Crippen molar-refractivity contribution in [2.45, 2.75) is 101 Å². The van der Waals surface area contributed by atoms with E-state index in [0.717, 1.165) is 56.9 Å². The van der Waals surface area contributed by atoms with Crippen molar-refractivity contribution in [3.8, 4) is 5.75 Å². The van der Waals surface area contributed by atoms with Crippen LogP contribution in [-0.2, 0) is 9.59 Å². The van der Waals surface area contributed by atoms with Crippen molar-refractivity contribution < 1.29 is 24.5 Å². The second kappa shape index (κ2) is 12.0. The van der Waals surface area contributed by atoms with E-state index in [1.54, 1.807) is 6.08 Å². The number of aliphatic hydroxyl groups excluding tert-OH is 2. The number of benzene rings is 1. The molecule has 1 heterocycles. The van der Waals surface area contributed by atoms with Crippen LogP contribution in [0.25, 0.3) is 0 Å². The van der Waals surface area contributed by atoms with Gasteiger partial charge in [-0.25, -0.2) is 0 Å². The Morgan fingerprint density at radius 2 is 1.86 bits per heavy atom. The lowest BCUT2D eigenvalue weighted by Gasteiger charge is -2.43. The molecule has 1 saturated carbocycles. The van der Waals surface area contributed by atoms with Crippen LogP contribution in [0.4, 0.5) is 0 Å². The summed E-state index contributed by atoms with van der Waals surface area (Å²) in [6, 6.07) is 7.01. The maximum absolute atomic E-state index is 13.6. The molecule has 0 bridgehead atoms. The molecule has 7 heteroatoms. The molecule has 192 valence electrons. The smallest absolute Gasteiger partial charge is 0.247 e. The first-order valence-electron chi connectivity index (χ1n) is 13.4. The molecule has 0 radical (unpaired) electrons. The lowest BCUT2D eigenvalue weighted by atomic mass is 9.77. The van der Waals surface area contributed by atoms with Gasteiger partial charge in [0.1, 0.15) is 18.0 Å². The highest BCUT2D eigenvalue weighted by Crippen LogP contribution is 2.47. The lowest BCUT2D eigenvalue weighted by Crippen LogP contribution is -2.58. The van der Waals surface area contributed by atoms with Crippen molar-refractivity contribution in [3.05, 3.63) is 41.5 Å². The van der Waals surface area contributed by atoms with Gasteiger partial charge in [-0.3, -0.25) is 9.59 Å². The van der Waals surface area contributed by atoms with Gasteiger partial charge in [-0.1, -0.05) is 63.6 Å². The lowest BCUT2D eigenvalue weighted by molar-refractivity contribution is -0.140. The van der Waals surface area contributed by atoms with Gasteiger partial charge in [-0.15, -0.1) is 0 Å². The topological polar surface area (TPSA) is 99.1 Å². The molecule has 3 N–H and O–H groups in total. The Kier molecular flexibility index (Phi) is 8.84. The number of para-hydroxylation sites is 1. The van der Waals surface area contributed by atoms with E-state index in [-0.39, 0.29) is 31.0 Å². The van der Waals surface area contributed by atoms with Crippen LogP contribution in [0.3, 0.4) is 0 Å². The van der Waals surface area contributed by atoms with Gasteiger partial charge in [0.15, 0.2) is 0 Å². The Morgan fingerprint density at radius 1 is 1.11 bits per heavy atom. The summed E-state index contributed by atoms with van der Waals surface area (Å²) in [5, 5.41) is 23.6. The minimum absolute atomic E-state index is 0.0535. The summed E-state index contributed by atoms with van der Waals surface area (Å²) in [5.41, 5.74) is 1.37. The molecule has 2 amide bonds. The summed E-state index contributed by atoms with van der Waals surface area (Å²) >= 11 is 0. The Balaban J connectivity index is 1.64. The van der Waals surface area contributed by atoms with Gasteiger partial charge in [-0.05, 0) is 31.4 Å². The Morgan fingerprint density at radius 3 is 2.60 bits per heavy atom. The van der Waals surface area contributed by atoms with Gasteiger partial charge >= 0.3 is 0 Å². The Hall–Kier alpha value is -2.38. The highest BCUT2D eigenvalue weighted by molar-refractivity contribution is 5.96. The van der Waals surface area contributed by atoms with Gasteiger partial charge in [0.05, 0.1) is 18.6 Å². The number of nitrogens with one attached hydrogen (secondary N) is 1. The second-order valence-electron chi connectivity index (χ2n) is 10.1. The summed E-state index contributed by atoms with van der Waals surface area (Å²) in [4.78, 5) is 28.7. The quantitative estimate of drug-likeness (QED) is 0.418. The maximum Gasteiger partial charge on any atom is 0.247 e. The molecule has 0 spiro atoms. The second-order valence-corrected chi connectivity index (χ2v) is 10.1. The zero-order valence-corrected chi connectivity index (χ0v) is 20.8. The van der Waals surface area contributed by atoms with Crippen molar-refractivity contribution in [2.75, 3.05) is 13.2 Å². The molecular formula is C28H40N2O5. The number of unbranched alkanes of at least 4 members (excludes halogenated alkanes) is 4. The van der Waals surface area contributed by atoms with E-state index in [1.807, 2.05) is 29.2 Å². The minimum Gasteiger partial charge on any atom is -0.486 e. The minimum atomic E-state index is -0.938. The highest BCUT2D eigenvalue weighted by atomic mass is 16.5. The molecule has 1 aromatic rings. The van der Waals surface area contributed by atoms with E-state index >= 15 is 0 Å². The molecule has 1 aromatic carbocycles. The van der Waals surface area contributed by atoms with E-state index in [4.69, 9.17) is 4.74 Å². The average Bonchev–Trinajstić information content (AvgIpc) is 3.53. The molecule has 4 unspecified atom stereocenters. The predicted octanol–water partition coefficient (Wildman–Crippen LogP) is 3.44. The van der Waals surface area contributed by atoms with E-state index in [2.05, 4.69) is 12.2 Å². The molecule has 1 aliphatic heterocycles. The van der Waals surface area contributed by atoms with E-state index in [0.29, 0.717) is 17.7 Å². The highest BCUT2D eigenvalue weighted by Gasteiger charge is 2.51. The van der Waals surface area contributed by atoms with Gasteiger partial charge < -0.3 is 25.2 Å². The van der Waals surface area contributed by atoms with Crippen LogP contribution in [0.1, 0.15) is 82.6 Å². The molecular weight excluding hydrogens is 444 g/mol. The van der Waals surface area contributed by atoms with E-state index in [1.165, 1.54) is 6.42 Å². The number of carbonyl (C=O) groups is 2. The fourth-order valence-corrected chi connectivity index (χ4v) is 5.97. The molecule has 7 nitrogen and oxygen atoms in total. The average molecular weight is 485 g/mol. The van der Waals surface area contributed by atoms with Gasteiger partial charge in [0.2, 0.25) is 11.8 Å². The van der Waals surface area contributed by atoms with Crippen molar-refractivity contribution in [2.24, 2.45) is 0 Å². The number of aliphatic hydroxyl groups is 2. The first-order valence-corrected chi connectivity index (χ1v) is 13.4. The molecule has 0 saturated heterocycles. The fourth-order valence-electron chi connectivity index (χ4n) is 5.97. The monoisotopic (exact) mass is 484 g/mol. The summed E-state index contributed by atoms with van der Waals surface area (Å²) < 4.78 is 6.20. The number of nitrogens with zero attached hydrogens (tertiary/aromatic N) is 1. The maximum atomic E-state index is 13.6. The Labute approximate surface area is 208 Å². The van der Waals surface area contributed by atoms with Crippen LogP contribution < -0.4 is 10.1 Å². The number of hydrogen-bond acceptors (Lipinski definition) is 5. The number of carbonyl (C=O) groups excluding carboxylic acids is 2. The summed E-state index contributed by atoms with van der Waals surface area (Å²) in [6.07, 6.45) is 9.98. The molecule has 1 fully saturated rings. The van der Waals surface area contributed by atoms with Gasteiger partial charge in [-0.2, -0.15) is 0 Å². The van der Waals surface area contributed by atoms with Crippen LogP contribution in [0.2, 0.25) is 0 Å². The van der Waals surface area contributed by atoms with E-state index in [9.17, 15) is 19.8 Å². The predicted molar refractivity (Wildman–Crippen MR) is 134 cm³/mol. The van der Waals surface area contributed by atoms with Crippen molar-refractivity contribution in [1.82, 2.24) is 10.2 Å². The number of amides is 2. The first-order chi connectivity index (χ1) is 17.1. The molecule has 4 rings (SSSR count). The number of fused-ring (bicyclic) bond motifs is 3. The Bertz CT molecular complexity index is 910. The summed E-state index contributed by atoms with van der Waals surface area (Å²) in [7, 11) is 0. The van der Waals surface area contributed by atoms with Crippen LogP contribution >= 0.6 is 0 Å². The number of rotatable bonds is 11. The number of hydrogen-bond donors (Lipinski definition) is 3. The molecule has 2 aliphatic carbocycles. The molecule has 4 atom stereocenters. The van der Waals surface area contributed by atoms with E-state index < -0.39 is 24.2 Å². The molecule has 3 aliphatic rings. The van der Waals surface area contributed by atoms with Crippen LogP contribution in [0, 0.1) is 0 Å². The van der Waals surface area contributed by atoms with Gasteiger partial charge in [0, 0.05) is 30.1 Å². The van der Waals surface area contributed by atoms with Gasteiger partial charge in [0.25, 0.3) is 0 Å². The largest absolute Gasteiger partial charge is 0.486 e. The normalized spacial score (nSPS) is 25.4. The van der Waals surface area contributed by atoms with Crippen molar-refractivity contribution >= 4 is 11.8 Å². The first kappa shape index (κ1) is 25.7. The summed E-state index contributed by atoms with van der Waals surface area (Å²) in [5.74, 6) is 0.0193. The van der Waals surface area contributed by atoms with Crippen molar-refractivity contribution in [1.29, 1.82) is 0 Å². The fraction of sp³-hybridized carbons (Fsp3) is 0.643. The molecule has 0 aromatic heterocycles. The van der Waals surface area contributed by atoms with Crippen LogP contribution in [0.15, 0.2) is 35.9 Å². The van der Waals surface area contributed by atoms with Crippen LogP contribution in [0.5, 0.6) is 5.75 Å². The summed E-state index contributed by atoms with van der Waals surface area (Å²) in [6.45, 7) is 2.16.